The summed E-state index contributed by atoms with van der Waals surface area (Å²) in [6.07, 6.45) is 2.90. The number of carbonyl (C=O) groups excluding carboxylic acids is 2. The fraction of sp³-hybridized carbons (Fsp3) is 0.733. The van der Waals surface area contributed by atoms with Crippen LogP contribution in [0.5, 0.6) is 0 Å². The molecule has 1 amide bonds. The molecule has 1 rings (SSSR count). The van der Waals surface area contributed by atoms with Crippen molar-refractivity contribution < 1.29 is 19.1 Å². The van der Waals surface area contributed by atoms with Gasteiger partial charge in [0.15, 0.2) is 0 Å². The van der Waals surface area contributed by atoms with Gasteiger partial charge in [0.05, 0.1) is 6.61 Å². The summed E-state index contributed by atoms with van der Waals surface area (Å²) >= 11 is 0. The molecule has 5 nitrogen and oxygen atoms in total. The van der Waals surface area contributed by atoms with Gasteiger partial charge in [0, 0.05) is 6.54 Å². The maximum absolute atomic E-state index is 12.3. The Kier molecular flexibility index (Phi) is 5.20. The zero-order valence-electron chi connectivity index (χ0n) is 12.9. The lowest BCUT2D eigenvalue weighted by Crippen LogP contribution is -2.54. The lowest BCUT2D eigenvalue weighted by atomic mass is 9.92. The lowest BCUT2D eigenvalue weighted by molar-refractivity contribution is -0.155. The van der Waals surface area contributed by atoms with Crippen molar-refractivity contribution in [1.29, 1.82) is 0 Å². The Morgan fingerprint density at radius 1 is 1.40 bits per heavy atom. The fourth-order valence-electron chi connectivity index (χ4n) is 2.47. The van der Waals surface area contributed by atoms with Gasteiger partial charge in [0.2, 0.25) is 0 Å². The molecule has 1 fully saturated rings. The molecule has 1 atom stereocenters. The largest absolute Gasteiger partial charge is 0.464 e. The molecule has 114 valence electrons. The van der Waals surface area contributed by atoms with Gasteiger partial charge >= 0.3 is 12.1 Å². The van der Waals surface area contributed by atoms with E-state index >= 15 is 0 Å². The normalized spacial score (nSPS) is 22.5. The van der Waals surface area contributed by atoms with Crippen LogP contribution in [0.1, 0.15) is 47.0 Å². The number of esters is 1. The van der Waals surface area contributed by atoms with Crippen LogP contribution in [-0.2, 0) is 14.3 Å². The van der Waals surface area contributed by atoms with Crippen LogP contribution in [0.3, 0.4) is 0 Å². The van der Waals surface area contributed by atoms with Crippen LogP contribution < -0.4 is 0 Å². The summed E-state index contributed by atoms with van der Waals surface area (Å²) in [6.45, 7) is 11.7. The number of amides is 1. The summed E-state index contributed by atoms with van der Waals surface area (Å²) in [5.41, 5.74) is -1.55. The molecule has 5 heteroatoms. The predicted octanol–water partition coefficient (Wildman–Crippen LogP) is 2.90. The van der Waals surface area contributed by atoms with Crippen LogP contribution >= 0.6 is 0 Å². The van der Waals surface area contributed by atoms with E-state index in [0.717, 1.165) is 6.42 Å². The summed E-state index contributed by atoms with van der Waals surface area (Å²) in [5.74, 6) is -0.372. The van der Waals surface area contributed by atoms with Crippen molar-refractivity contribution in [3.63, 3.8) is 0 Å². The first kappa shape index (κ1) is 16.5. The summed E-state index contributed by atoms with van der Waals surface area (Å²) < 4.78 is 10.6. The average Bonchev–Trinajstić information content (AvgIpc) is 2.72. The van der Waals surface area contributed by atoms with Gasteiger partial charge in [-0.15, -0.1) is 6.58 Å². The molecule has 0 bridgehead atoms. The number of ether oxygens (including phenoxy) is 2. The van der Waals surface area contributed by atoms with E-state index in [-0.39, 0.29) is 5.97 Å². The molecule has 20 heavy (non-hydrogen) atoms. The minimum absolute atomic E-state index is 0.292. The quantitative estimate of drug-likeness (QED) is 0.588. The van der Waals surface area contributed by atoms with Crippen molar-refractivity contribution in [2.75, 3.05) is 13.2 Å². The topological polar surface area (TPSA) is 55.8 Å². The van der Waals surface area contributed by atoms with Crippen LogP contribution in [-0.4, -0.2) is 41.3 Å². The Bertz CT molecular complexity index is 386. The van der Waals surface area contributed by atoms with E-state index in [1.54, 1.807) is 33.8 Å². The molecule has 0 spiro atoms. The molecule has 0 unspecified atom stereocenters. The minimum atomic E-state index is -0.958. The van der Waals surface area contributed by atoms with E-state index in [0.29, 0.717) is 26.0 Å². The van der Waals surface area contributed by atoms with Gasteiger partial charge in [0.25, 0.3) is 0 Å². The second-order valence-corrected chi connectivity index (χ2v) is 5.98. The molecule has 1 aliphatic heterocycles. The molecule has 1 saturated heterocycles. The van der Waals surface area contributed by atoms with Crippen LogP contribution in [0.15, 0.2) is 12.7 Å². The first-order valence-electron chi connectivity index (χ1n) is 7.05. The second-order valence-electron chi connectivity index (χ2n) is 5.98. The fourth-order valence-corrected chi connectivity index (χ4v) is 2.47. The Morgan fingerprint density at radius 3 is 2.55 bits per heavy atom. The van der Waals surface area contributed by atoms with Crippen molar-refractivity contribution in [1.82, 2.24) is 4.90 Å². The molecule has 0 saturated carbocycles. The van der Waals surface area contributed by atoms with Gasteiger partial charge in [-0.25, -0.2) is 9.59 Å². The molecule has 0 aromatic heterocycles. The highest BCUT2D eigenvalue weighted by Crippen LogP contribution is 2.35. The van der Waals surface area contributed by atoms with Crippen molar-refractivity contribution in [2.24, 2.45) is 0 Å². The summed E-state index contributed by atoms with van der Waals surface area (Å²) in [6, 6.07) is 0. The highest BCUT2D eigenvalue weighted by atomic mass is 16.6. The molecule has 1 aliphatic rings. The maximum Gasteiger partial charge on any atom is 0.411 e. The third-order valence-electron chi connectivity index (χ3n) is 3.24. The number of nitrogens with zero attached hydrogens (tertiary/aromatic N) is 1. The standard InChI is InChI=1S/C15H25NO4/c1-6-9-15(12(17)19-7-2)10-8-11-16(15)13(18)20-14(3,4)5/h6H,1,7-11H2,2-5H3/t15-/m0/s1. The summed E-state index contributed by atoms with van der Waals surface area (Å²) in [7, 11) is 0. The van der Waals surface area contributed by atoms with Gasteiger partial charge < -0.3 is 9.47 Å². The van der Waals surface area contributed by atoms with E-state index in [2.05, 4.69) is 6.58 Å². The third kappa shape index (κ3) is 3.52. The highest BCUT2D eigenvalue weighted by Gasteiger charge is 2.51. The Balaban J connectivity index is 3.00. The van der Waals surface area contributed by atoms with Gasteiger partial charge in [-0.2, -0.15) is 0 Å². The number of likely N-dealkylation sites (tertiary alicyclic amines) is 1. The summed E-state index contributed by atoms with van der Waals surface area (Å²) in [4.78, 5) is 26.1. The molecular weight excluding hydrogens is 258 g/mol. The maximum atomic E-state index is 12.3. The van der Waals surface area contributed by atoms with Crippen LogP contribution in [0.2, 0.25) is 0 Å². The Hall–Kier alpha value is -1.52. The van der Waals surface area contributed by atoms with Crippen molar-refractivity contribution >= 4 is 12.1 Å². The monoisotopic (exact) mass is 283 g/mol. The molecule has 0 radical (unpaired) electrons. The Morgan fingerprint density at radius 2 is 2.05 bits per heavy atom. The molecule has 0 aromatic rings. The number of carbonyl (C=O) groups is 2. The van der Waals surface area contributed by atoms with Crippen molar-refractivity contribution in [3.05, 3.63) is 12.7 Å². The molecule has 0 N–H and O–H groups in total. The lowest BCUT2D eigenvalue weighted by Gasteiger charge is -2.36. The average molecular weight is 283 g/mol. The van der Waals surface area contributed by atoms with E-state index in [1.165, 1.54) is 4.90 Å². The van der Waals surface area contributed by atoms with E-state index < -0.39 is 17.2 Å². The Labute approximate surface area is 120 Å². The SMILES string of the molecule is C=CC[C@@]1(C(=O)OCC)CCCN1C(=O)OC(C)(C)C. The van der Waals surface area contributed by atoms with Crippen molar-refractivity contribution in [2.45, 2.75) is 58.1 Å². The van der Waals surface area contributed by atoms with Crippen LogP contribution in [0.25, 0.3) is 0 Å². The molecule has 0 aromatic carbocycles. The molecule has 0 aliphatic carbocycles. The third-order valence-corrected chi connectivity index (χ3v) is 3.24. The number of hydrogen-bond acceptors (Lipinski definition) is 4. The van der Waals surface area contributed by atoms with E-state index in [1.807, 2.05) is 0 Å². The number of rotatable bonds is 4. The smallest absolute Gasteiger partial charge is 0.411 e. The first-order valence-corrected chi connectivity index (χ1v) is 7.05. The zero-order valence-corrected chi connectivity index (χ0v) is 12.9. The number of hydrogen-bond donors (Lipinski definition) is 0. The van der Waals surface area contributed by atoms with Gasteiger partial charge in [-0.1, -0.05) is 6.08 Å². The van der Waals surface area contributed by atoms with E-state index in [9.17, 15) is 9.59 Å². The molecular formula is C15H25NO4. The zero-order chi connectivity index (χ0) is 15.4. The van der Waals surface area contributed by atoms with Gasteiger partial charge in [-0.3, -0.25) is 4.90 Å². The van der Waals surface area contributed by atoms with Crippen molar-refractivity contribution in [3.8, 4) is 0 Å². The minimum Gasteiger partial charge on any atom is -0.464 e. The summed E-state index contributed by atoms with van der Waals surface area (Å²) in [5, 5.41) is 0. The second kappa shape index (κ2) is 6.29. The predicted molar refractivity (Wildman–Crippen MR) is 76.4 cm³/mol. The molecule has 1 heterocycles. The highest BCUT2D eigenvalue weighted by molar-refractivity contribution is 5.86. The van der Waals surface area contributed by atoms with Gasteiger partial charge in [0.1, 0.15) is 11.1 Å². The van der Waals surface area contributed by atoms with E-state index in [4.69, 9.17) is 9.47 Å². The van der Waals surface area contributed by atoms with Crippen LogP contribution in [0, 0.1) is 0 Å². The van der Waals surface area contributed by atoms with Gasteiger partial charge in [-0.05, 0) is 47.0 Å². The van der Waals surface area contributed by atoms with Crippen LogP contribution in [0.4, 0.5) is 4.79 Å². The first-order chi connectivity index (χ1) is 9.27.